The monoisotopic (exact) mass is 548 g/mol. The summed E-state index contributed by atoms with van der Waals surface area (Å²) in [5.74, 6) is 2.00. The van der Waals surface area contributed by atoms with Crippen LogP contribution in [0.15, 0.2) is 82.6 Å². The molecular weight excluding hydrogens is 516 g/mol. The zero-order chi connectivity index (χ0) is 26.5. The highest BCUT2D eigenvalue weighted by Gasteiger charge is 2.32. The molecule has 0 bridgehead atoms. The molecule has 5 rings (SSSR count). The smallest absolute Gasteiger partial charge is 0.223 e. The first-order valence-electron chi connectivity index (χ1n) is 12.9. The van der Waals surface area contributed by atoms with Crippen LogP contribution in [-0.2, 0) is 9.59 Å². The molecule has 8 heteroatoms. The fraction of sp³-hybridized carbons (Fsp3) is 0.333. The van der Waals surface area contributed by atoms with Gasteiger partial charge in [-0.3, -0.25) is 9.59 Å². The lowest BCUT2D eigenvalue weighted by Gasteiger charge is -2.30. The van der Waals surface area contributed by atoms with E-state index in [1.54, 1.807) is 37.7 Å². The Morgan fingerprint density at radius 2 is 0.974 bits per heavy atom. The van der Waals surface area contributed by atoms with Gasteiger partial charge in [0.1, 0.15) is 22.2 Å². The number of thioether (sulfide) groups is 2. The molecule has 2 atom stereocenters. The number of rotatable bonds is 10. The summed E-state index contributed by atoms with van der Waals surface area (Å²) in [5, 5.41) is -0.234. The van der Waals surface area contributed by atoms with Crippen LogP contribution in [0.25, 0.3) is 0 Å². The van der Waals surface area contributed by atoms with E-state index in [2.05, 4.69) is 24.3 Å². The molecule has 2 aliphatic rings. The molecule has 2 aliphatic heterocycles. The van der Waals surface area contributed by atoms with Crippen molar-refractivity contribution in [1.29, 1.82) is 0 Å². The molecule has 2 amide bonds. The van der Waals surface area contributed by atoms with E-state index in [-0.39, 0.29) is 22.6 Å². The van der Waals surface area contributed by atoms with E-state index in [1.165, 1.54) is 0 Å². The third kappa shape index (κ3) is 5.97. The van der Waals surface area contributed by atoms with Crippen molar-refractivity contribution < 1.29 is 19.1 Å². The van der Waals surface area contributed by atoms with Crippen molar-refractivity contribution in [2.75, 3.05) is 27.3 Å². The molecule has 2 saturated heterocycles. The summed E-state index contributed by atoms with van der Waals surface area (Å²) < 4.78 is 10.6. The van der Waals surface area contributed by atoms with E-state index in [4.69, 9.17) is 9.47 Å². The molecule has 2 unspecified atom stereocenters. The van der Waals surface area contributed by atoms with Gasteiger partial charge in [-0.05, 0) is 72.5 Å². The first-order chi connectivity index (χ1) is 18.6. The van der Waals surface area contributed by atoms with Crippen molar-refractivity contribution in [2.45, 2.75) is 46.2 Å². The van der Waals surface area contributed by atoms with E-state index in [9.17, 15) is 9.59 Å². The zero-order valence-electron chi connectivity index (χ0n) is 21.7. The topological polar surface area (TPSA) is 59.1 Å². The van der Waals surface area contributed by atoms with Crippen molar-refractivity contribution >= 4 is 35.3 Å². The number of hydrogen-bond acceptors (Lipinski definition) is 6. The third-order valence-corrected chi connectivity index (χ3v) is 9.50. The lowest BCUT2D eigenvalue weighted by molar-refractivity contribution is -0.129. The normalized spacial score (nSPS) is 17.1. The van der Waals surface area contributed by atoms with Crippen LogP contribution < -0.4 is 9.47 Å². The van der Waals surface area contributed by atoms with Gasteiger partial charge in [-0.1, -0.05) is 47.8 Å². The van der Waals surface area contributed by atoms with E-state index < -0.39 is 0 Å². The number of carbonyl (C=O) groups excluding carboxylic acids is 2. The highest BCUT2D eigenvalue weighted by atomic mass is 32.2. The molecule has 3 aromatic rings. The van der Waals surface area contributed by atoms with E-state index >= 15 is 0 Å². The maximum atomic E-state index is 12.8. The molecular formula is C30H32N2O4S2. The van der Waals surface area contributed by atoms with E-state index in [1.807, 2.05) is 58.3 Å². The summed E-state index contributed by atoms with van der Waals surface area (Å²) >= 11 is 3.35. The van der Waals surface area contributed by atoms with Gasteiger partial charge in [-0.25, -0.2) is 0 Å². The number of amides is 2. The molecule has 0 aliphatic carbocycles. The highest BCUT2D eigenvalue weighted by Crippen LogP contribution is 2.43. The van der Waals surface area contributed by atoms with Crippen LogP contribution in [0.2, 0.25) is 0 Å². The molecule has 3 aromatic carbocycles. The summed E-state index contributed by atoms with van der Waals surface area (Å²) in [7, 11) is 3.32. The van der Waals surface area contributed by atoms with E-state index in [0.717, 1.165) is 58.3 Å². The second kappa shape index (κ2) is 12.2. The Hall–Kier alpha value is -3.10. The van der Waals surface area contributed by atoms with Crippen LogP contribution in [0, 0.1) is 0 Å². The van der Waals surface area contributed by atoms with Gasteiger partial charge < -0.3 is 19.3 Å². The molecule has 6 nitrogen and oxygen atoms in total. The average molecular weight is 549 g/mol. The summed E-state index contributed by atoms with van der Waals surface area (Å²) in [6, 6.07) is 24.4. The van der Waals surface area contributed by atoms with Gasteiger partial charge in [0, 0.05) is 35.7 Å². The minimum absolute atomic E-state index is 0.117. The molecule has 0 saturated carbocycles. The predicted octanol–water partition coefficient (Wildman–Crippen LogP) is 6.53. The lowest BCUT2D eigenvalue weighted by Crippen LogP contribution is -2.29. The fourth-order valence-corrected chi connectivity index (χ4v) is 7.24. The summed E-state index contributed by atoms with van der Waals surface area (Å²) in [6.07, 6.45) is 2.95. The molecule has 2 heterocycles. The molecule has 38 heavy (non-hydrogen) atoms. The Morgan fingerprint density at radius 1 is 0.605 bits per heavy atom. The van der Waals surface area contributed by atoms with Crippen molar-refractivity contribution in [3.8, 4) is 11.5 Å². The first kappa shape index (κ1) is 26.5. The first-order valence-corrected chi connectivity index (χ1v) is 14.6. The van der Waals surface area contributed by atoms with Crippen molar-refractivity contribution in [3.05, 3.63) is 83.9 Å². The number of benzene rings is 3. The van der Waals surface area contributed by atoms with Crippen molar-refractivity contribution in [1.82, 2.24) is 9.80 Å². The van der Waals surface area contributed by atoms with Crippen LogP contribution in [-0.4, -0.2) is 48.9 Å². The second-order valence-corrected chi connectivity index (χ2v) is 11.6. The predicted molar refractivity (Wildman–Crippen MR) is 152 cm³/mol. The molecule has 0 spiro atoms. The summed E-state index contributed by atoms with van der Waals surface area (Å²) in [4.78, 5) is 31.6. The molecule has 0 N–H and O–H groups in total. The van der Waals surface area contributed by atoms with Gasteiger partial charge in [-0.15, -0.1) is 0 Å². The highest BCUT2D eigenvalue weighted by molar-refractivity contribution is 7.99. The van der Waals surface area contributed by atoms with Crippen LogP contribution in [0.4, 0.5) is 0 Å². The number of carbonyl (C=O) groups is 2. The zero-order valence-corrected chi connectivity index (χ0v) is 23.3. The molecule has 0 aromatic heterocycles. The minimum atomic E-state index is -0.117. The van der Waals surface area contributed by atoms with Crippen LogP contribution in [0.3, 0.4) is 0 Å². The largest absolute Gasteiger partial charge is 0.497 e. The fourth-order valence-electron chi connectivity index (χ4n) is 4.85. The maximum Gasteiger partial charge on any atom is 0.223 e. The number of nitrogens with zero attached hydrogens (tertiary/aromatic N) is 2. The Bertz CT molecular complexity index is 1150. The molecule has 198 valence electrons. The average Bonchev–Trinajstić information content (AvgIpc) is 3.58. The Balaban J connectivity index is 1.42. The molecule has 0 radical (unpaired) electrons. The lowest BCUT2D eigenvalue weighted by atomic mass is 10.1. The Kier molecular flexibility index (Phi) is 8.49. The minimum Gasteiger partial charge on any atom is -0.497 e. The van der Waals surface area contributed by atoms with Gasteiger partial charge in [0.05, 0.1) is 14.2 Å². The number of likely N-dealkylation sites (tertiary alicyclic amines) is 2. The van der Waals surface area contributed by atoms with Gasteiger partial charge in [0.15, 0.2) is 0 Å². The number of ether oxygens (including phenoxy) is 2. The summed E-state index contributed by atoms with van der Waals surface area (Å²) in [5.41, 5.74) is 2.15. The Labute approximate surface area is 232 Å². The van der Waals surface area contributed by atoms with Gasteiger partial charge in [0.2, 0.25) is 11.8 Å². The SMILES string of the molecule is COc1ccc(SC(c2ccc(C(Sc3ccc(OC)cc3)N3CCCC3=O)cc2)N2CCCC2=O)cc1. The summed E-state index contributed by atoms with van der Waals surface area (Å²) in [6.45, 7) is 1.51. The number of methoxy groups -OCH3 is 2. The van der Waals surface area contributed by atoms with Crippen molar-refractivity contribution in [2.24, 2.45) is 0 Å². The van der Waals surface area contributed by atoms with E-state index in [0.29, 0.717) is 12.8 Å². The second-order valence-electron chi connectivity index (χ2n) is 9.34. The molecule has 2 fully saturated rings. The third-order valence-electron chi connectivity index (χ3n) is 6.91. The van der Waals surface area contributed by atoms with Crippen molar-refractivity contribution in [3.63, 3.8) is 0 Å². The van der Waals surface area contributed by atoms with Gasteiger partial charge >= 0.3 is 0 Å². The maximum absolute atomic E-state index is 12.8. The van der Waals surface area contributed by atoms with Crippen LogP contribution in [0.5, 0.6) is 11.5 Å². The van der Waals surface area contributed by atoms with Crippen LogP contribution >= 0.6 is 23.5 Å². The number of hydrogen-bond donors (Lipinski definition) is 0. The van der Waals surface area contributed by atoms with Crippen LogP contribution in [0.1, 0.15) is 47.6 Å². The quantitative estimate of drug-likeness (QED) is 0.269. The Morgan fingerprint density at radius 3 is 1.26 bits per heavy atom. The van der Waals surface area contributed by atoms with Gasteiger partial charge in [0.25, 0.3) is 0 Å². The van der Waals surface area contributed by atoms with Gasteiger partial charge in [-0.2, -0.15) is 0 Å². The standard InChI is InChI=1S/C30H32N2O4S2/c1-35-23-11-15-25(16-12-23)37-29(31-19-3-5-27(31)33)21-7-9-22(10-8-21)30(32-20-4-6-28(32)34)38-26-17-13-24(36-2)14-18-26/h7-18,29-30H,3-6,19-20H2,1-2H3.